The van der Waals surface area contributed by atoms with Gasteiger partial charge in [-0.05, 0) is 18.6 Å². The quantitative estimate of drug-likeness (QED) is 0.931. The summed E-state index contributed by atoms with van der Waals surface area (Å²) in [6, 6.07) is 5.67. The molecule has 6 heteroatoms. The Labute approximate surface area is 122 Å². The van der Waals surface area contributed by atoms with Crippen molar-refractivity contribution in [2.75, 3.05) is 31.1 Å². The summed E-state index contributed by atoms with van der Waals surface area (Å²) in [4.78, 5) is 30.0. The number of amides is 1. The van der Waals surface area contributed by atoms with E-state index >= 15 is 0 Å². The highest BCUT2D eigenvalue weighted by molar-refractivity contribution is 5.86. The van der Waals surface area contributed by atoms with Gasteiger partial charge >= 0.3 is 5.76 Å². The van der Waals surface area contributed by atoms with Gasteiger partial charge < -0.3 is 14.2 Å². The number of oxazole rings is 1. The molecule has 0 aliphatic carbocycles. The zero-order valence-corrected chi connectivity index (χ0v) is 12.1. The van der Waals surface area contributed by atoms with Crippen molar-refractivity contribution in [2.24, 2.45) is 0 Å². The molecule has 1 N–H and O–H groups in total. The van der Waals surface area contributed by atoms with Crippen molar-refractivity contribution in [3.8, 4) is 0 Å². The van der Waals surface area contributed by atoms with E-state index < -0.39 is 5.76 Å². The third kappa shape index (κ3) is 2.66. The van der Waals surface area contributed by atoms with Gasteiger partial charge in [0, 0.05) is 32.6 Å². The Kier molecular flexibility index (Phi) is 3.68. The molecule has 0 bridgehead atoms. The number of carbonyl (C=O) groups excluding carboxylic acids is 1. The number of para-hydroxylation sites is 1. The minimum Gasteiger partial charge on any atom is -0.406 e. The fraction of sp³-hybridized carbons (Fsp3) is 0.467. The number of aromatic nitrogens is 1. The topological polar surface area (TPSA) is 69.6 Å². The average Bonchev–Trinajstić information content (AvgIpc) is 2.87. The van der Waals surface area contributed by atoms with E-state index in [2.05, 4.69) is 9.88 Å². The maximum absolute atomic E-state index is 11.9. The van der Waals surface area contributed by atoms with Crippen LogP contribution in [0.1, 0.15) is 19.8 Å². The van der Waals surface area contributed by atoms with Crippen molar-refractivity contribution < 1.29 is 9.21 Å². The highest BCUT2D eigenvalue weighted by atomic mass is 16.4. The second-order valence-electron chi connectivity index (χ2n) is 5.29. The highest BCUT2D eigenvalue weighted by Crippen LogP contribution is 2.25. The normalized spacial score (nSPS) is 15.7. The van der Waals surface area contributed by atoms with Gasteiger partial charge in [0.15, 0.2) is 5.58 Å². The van der Waals surface area contributed by atoms with Gasteiger partial charge in [0.1, 0.15) is 0 Å². The van der Waals surface area contributed by atoms with Crippen LogP contribution in [0, 0.1) is 0 Å². The molecule has 1 aliphatic heterocycles. The average molecular weight is 289 g/mol. The number of nitrogens with zero attached hydrogens (tertiary/aromatic N) is 2. The van der Waals surface area contributed by atoms with Gasteiger partial charge in [-0.3, -0.25) is 9.78 Å². The lowest BCUT2D eigenvalue weighted by molar-refractivity contribution is -0.131. The molecule has 21 heavy (non-hydrogen) atoms. The van der Waals surface area contributed by atoms with E-state index in [1.54, 1.807) is 0 Å². The molecular weight excluding hydrogens is 270 g/mol. The summed E-state index contributed by atoms with van der Waals surface area (Å²) in [7, 11) is 0. The van der Waals surface area contributed by atoms with E-state index in [4.69, 9.17) is 4.42 Å². The fourth-order valence-electron chi connectivity index (χ4n) is 2.78. The van der Waals surface area contributed by atoms with Crippen LogP contribution in [0.25, 0.3) is 11.1 Å². The number of nitrogens with one attached hydrogen (secondary N) is 1. The molecule has 1 aromatic carbocycles. The molecule has 0 spiro atoms. The van der Waals surface area contributed by atoms with Crippen LogP contribution in [0.5, 0.6) is 0 Å². The lowest BCUT2D eigenvalue weighted by Crippen LogP contribution is -2.48. The van der Waals surface area contributed by atoms with E-state index in [9.17, 15) is 9.59 Å². The summed E-state index contributed by atoms with van der Waals surface area (Å²) in [6.45, 7) is 4.95. The first kappa shape index (κ1) is 13.7. The number of hydrogen-bond acceptors (Lipinski definition) is 4. The van der Waals surface area contributed by atoms with Crippen molar-refractivity contribution >= 4 is 22.7 Å². The van der Waals surface area contributed by atoms with Crippen LogP contribution in [0.2, 0.25) is 0 Å². The van der Waals surface area contributed by atoms with Crippen LogP contribution in [0.4, 0.5) is 5.69 Å². The number of piperazine rings is 1. The third-order valence-electron chi connectivity index (χ3n) is 3.86. The first-order valence-corrected chi connectivity index (χ1v) is 7.33. The van der Waals surface area contributed by atoms with Crippen LogP contribution in [-0.4, -0.2) is 42.0 Å². The lowest BCUT2D eigenvalue weighted by atomic mass is 10.2. The van der Waals surface area contributed by atoms with Crippen molar-refractivity contribution in [3.63, 3.8) is 0 Å². The summed E-state index contributed by atoms with van der Waals surface area (Å²) in [5.74, 6) is -0.210. The Hall–Kier alpha value is -2.24. The van der Waals surface area contributed by atoms with Gasteiger partial charge in [0.05, 0.1) is 11.2 Å². The second-order valence-corrected chi connectivity index (χ2v) is 5.29. The van der Waals surface area contributed by atoms with E-state index in [1.165, 1.54) is 0 Å². The number of rotatable bonds is 3. The molecule has 112 valence electrons. The van der Waals surface area contributed by atoms with E-state index in [0.29, 0.717) is 30.6 Å². The van der Waals surface area contributed by atoms with Crippen molar-refractivity contribution in [2.45, 2.75) is 19.8 Å². The van der Waals surface area contributed by atoms with Crippen molar-refractivity contribution in [1.82, 2.24) is 9.88 Å². The second kappa shape index (κ2) is 5.63. The zero-order chi connectivity index (χ0) is 14.8. The van der Waals surface area contributed by atoms with Crippen molar-refractivity contribution in [3.05, 3.63) is 28.7 Å². The Morgan fingerprint density at radius 1 is 1.29 bits per heavy atom. The molecule has 0 unspecified atom stereocenters. The molecule has 0 saturated carbocycles. The molecule has 0 atom stereocenters. The van der Waals surface area contributed by atoms with Crippen LogP contribution in [0.3, 0.4) is 0 Å². The summed E-state index contributed by atoms with van der Waals surface area (Å²) in [6.07, 6.45) is 1.50. The number of hydrogen-bond donors (Lipinski definition) is 1. The summed E-state index contributed by atoms with van der Waals surface area (Å²) >= 11 is 0. The third-order valence-corrected chi connectivity index (χ3v) is 3.86. The van der Waals surface area contributed by atoms with Crippen LogP contribution in [-0.2, 0) is 4.79 Å². The molecule has 1 saturated heterocycles. The number of carbonyl (C=O) groups is 1. The number of fused-ring (bicyclic) bond motifs is 1. The summed E-state index contributed by atoms with van der Waals surface area (Å²) in [5, 5.41) is 0. The van der Waals surface area contributed by atoms with Crippen molar-refractivity contribution in [1.29, 1.82) is 0 Å². The molecule has 1 aliphatic rings. The molecule has 1 amide bonds. The molecule has 0 radical (unpaired) electrons. The largest absolute Gasteiger partial charge is 0.417 e. The standard InChI is InChI=1S/C15H19N3O3/c1-2-4-13(19)18-9-7-17(8-10-18)12-6-3-5-11-14(12)21-15(20)16-11/h3,5-6H,2,4,7-10H2,1H3,(H,16,20). The van der Waals surface area contributed by atoms with E-state index in [0.717, 1.165) is 25.2 Å². The predicted octanol–water partition coefficient (Wildman–Crippen LogP) is 1.57. The molecule has 3 rings (SSSR count). The smallest absolute Gasteiger partial charge is 0.406 e. The number of benzene rings is 1. The number of aromatic amines is 1. The van der Waals surface area contributed by atoms with Crippen LogP contribution >= 0.6 is 0 Å². The summed E-state index contributed by atoms with van der Waals surface area (Å²) in [5.41, 5.74) is 2.21. The van der Waals surface area contributed by atoms with Gasteiger partial charge in [-0.2, -0.15) is 0 Å². The maximum Gasteiger partial charge on any atom is 0.417 e. The maximum atomic E-state index is 11.9. The monoisotopic (exact) mass is 289 g/mol. The zero-order valence-electron chi connectivity index (χ0n) is 12.1. The first-order chi connectivity index (χ1) is 10.2. The fourth-order valence-corrected chi connectivity index (χ4v) is 2.78. The minimum absolute atomic E-state index is 0.225. The lowest BCUT2D eigenvalue weighted by Gasteiger charge is -2.36. The van der Waals surface area contributed by atoms with Crippen LogP contribution in [0.15, 0.2) is 27.4 Å². The predicted molar refractivity (Wildman–Crippen MR) is 80.5 cm³/mol. The molecule has 1 aromatic heterocycles. The molecule has 2 heterocycles. The SMILES string of the molecule is CCCC(=O)N1CCN(c2cccc3[nH]c(=O)oc23)CC1. The Bertz CT molecular complexity index is 695. The van der Waals surface area contributed by atoms with E-state index in [-0.39, 0.29) is 5.91 Å². The molecule has 1 fully saturated rings. The van der Waals surface area contributed by atoms with Gasteiger partial charge in [0.2, 0.25) is 5.91 Å². The molecule has 2 aromatic rings. The van der Waals surface area contributed by atoms with Gasteiger partial charge in [-0.15, -0.1) is 0 Å². The number of anilines is 1. The minimum atomic E-state index is -0.436. The Morgan fingerprint density at radius 3 is 2.76 bits per heavy atom. The molecule has 6 nitrogen and oxygen atoms in total. The Morgan fingerprint density at radius 2 is 2.05 bits per heavy atom. The van der Waals surface area contributed by atoms with Gasteiger partial charge in [-0.25, -0.2) is 4.79 Å². The van der Waals surface area contributed by atoms with Gasteiger partial charge in [-0.1, -0.05) is 13.0 Å². The van der Waals surface area contributed by atoms with E-state index in [1.807, 2.05) is 30.0 Å². The number of H-pyrrole nitrogens is 1. The van der Waals surface area contributed by atoms with Gasteiger partial charge in [0.25, 0.3) is 0 Å². The summed E-state index contributed by atoms with van der Waals surface area (Å²) < 4.78 is 5.23. The molecular formula is C15H19N3O3. The first-order valence-electron chi connectivity index (χ1n) is 7.33. The Balaban J connectivity index is 1.77. The van der Waals surface area contributed by atoms with Crippen LogP contribution < -0.4 is 10.7 Å². The highest BCUT2D eigenvalue weighted by Gasteiger charge is 2.22.